The number of hydrogen-bond acceptors (Lipinski definition) is 5. The predicted octanol–water partition coefficient (Wildman–Crippen LogP) is 2.70. The number of carbonyl (C=O) groups is 1. The van der Waals surface area contributed by atoms with Gasteiger partial charge in [-0.1, -0.05) is 13.8 Å². The van der Waals surface area contributed by atoms with E-state index in [1.807, 2.05) is 6.92 Å². The number of nitrogens with zero attached hydrogens (tertiary/aromatic N) is 2. The molecule has 0 atom stereocenters. The number of aromatic nitrogens is 2. The quantitative estimate of drug-likeness (QED) is 0.850. The maximum atomic E-state index is 10.6. The van der Waals surface area contributed by atoms with Crippen LogP contribution < -0.4 is 5.32 Å². The molecule has 102 valence electrons. The Hall–Kier alpha value is -1.69. The van der Waals surface area contributed by atoms with Crippen molar-refractivity contribution in [1.29, 1.82) is 0 Å². The number of nitrogens with one attached hydrogen (secondary N) is 1. The summed E-state index contributed by atoms with van der Waals surface area (Å²) >= 11 is 1.67. The van der Waals surface area contributed by atoms with Crippen LogP contribution in [0.4, 0.5) is 5.82 Å². The lowest BCUT2D eigenvalue weighted by Crippen LogP contribution is -2.10. The summed E-state index contributed by atoms with van der Waals surface area (Å²) in [6.07, 6.45) is 1.82. The van der Waals surface area contributed by atoms with Crippen LogP contribution in [0.25, 0.3) is 10.2 Å². The monoisotopic (exact) mass is 279 g/mol. The number of fused-ring (bicyclic) bond motifs is 1. The van der Waals surface area contributed by atoms with Crippen molar-refractivity contribution in [2.45, 2.75) is 33.1 Å². The molecule has 0 unspecified atom stereocenters. The lowest BCUT2D eigenvalue weighted by molar-refractivity contribution is -0.136. The molecule has 2 aromatic rings. The van der Waals surface area contributed by atoms with Crippen LogP contribution in [0.15, 0.2) is 6.07 Å². The van der Waals surface area contributed by atoms with E-state index in [1.165, 1.54) is 4.88 Å². The molecule has 0 saturated carbocycles. The number of aliphatic carboxylic acids is 1. The molecule has 2 N–H and O–H groups in total. The van der Waals surface area contributed by atoms with Gasteiger partial charge in [-0.15, -0.1) is 11.3 Å². The first-order chi connectivity index (χ1) is 9.13. The summed E-state index contributed by atoms with van der Waals surface area (Å²) in [5, 5.41) is 12.8. The Balaban J connectivity index is 2.33. The smallest absolute Gasteiger partial charge is 0.305 e. The first-order valence-corrected chi connectivity index (χ1v) is 7.20. The van der Waals surface area contributed by atoms with Crippen LogP contribution in [0.5, 0.6) is 0 Å². The Morgan fingerprint density at radius 1 is 1.37 bits per heavy atom. The van der Waals surface area contributed by atoms with Crippen LogP contribution in [-0.2, 0) is 17.6 Å². The van der Waals surface area contributed by atoms with Gasteiger partial charge < -0.3 is 10.4 Å². The van der Waals surface area contributed by atoms with Crippen molar-refractivity contribution in [2.75, 3.05) is 11.9 Å². The van der Waals surface area contributed by atoms with Crippen LogP contribution in [0.3, 0.4) is 0 Å². The van der Waals surface area contributed by atoms with E-state index in [9.17, 15) is 4.79 Å². The number of rotatable bonds is 6. The highest BCUT2D eigenvalue weighted by atomic mass is 32.1. The SMILES string of the molecule is CCc1nc(NCCC(=O)O)c2cc(CC)sc2n1. The standard InChI is InChI=1S/C13H17N3O2S/c1-3-8-7-9-12(14-6-5-11(17)18)15-10(4-2)16-13(9)19-8/h7H,3-6H2,1-2H3,(H,17,18)(H,14,15,16). The molecule has 5 nitrogen and oxygen atoms in total. The molecule has 2 aromatic heterocycles. The number of aryl methyl sites for hydroxylation is 2. The van der Waals surface area contributed by atoms with Crippen molar-refractivity contribution in [3.63, 3.8) is 0 Å². The van der Waals surface area contributed by atoms with E-state index in [4.69, 9.17) is 5.11 Å². The van der Waals surface area contributed by atoms with Crippen molar-refractivity contribution in [3.8, 4) is 0 Å². The maximum absolute atomic E-state index is 10.6. The zero-order valence-corrected chi connectivity index (χ0v) is 11.9. The molecule has 0 bridgehead atoms. The summed E-state index contributed by atoms with van der Waals surface area (Å²) in [5.41, 5.74) is 0. The zero-order chi connectivity index (χ0) is 13.8. The van der Waals surface area contributed by atoms with Gasteiger partial charge in [-0.2, -0.15) is 0 Å². The molecule has 0 aromatic carbocycles. The van der Waals surface area contributed by atoms with Gasteiger partial charge in [0.25, 0.3) is 0 Å². The van der Waals surface area contributed by atoms with Crippen molar-refractivity contribution >= 4 is 33.3 Å². The summed E-state index contributed by atoms with van der Waals surface area (Å²) in [6, 6.07) is 2.09. The van der Waals surface area contributed by atoms with Crippen LogP contribution >= 0.6 is 11.3 Å². The first kappa shape index (κ1) is 13.7. The van der Waals surface area contributed by atoms with E-state index in [0.717, 1.165) is 34.7 Å². The largest absolute Gasteiger partial charge is 0.481 e. The third kappa shape index (κ3) is 3.20. The highest BCUT2D eigenvalue weighted by molar-refractivity contribution is 7.18. The molecule has 6 heteroatoms. The molecule has 0 aliphatic carbocycles. The molecular formula is C13H17N3O2S. The number of anilines is 1. The van der Waals surface area contributed by atoms with E-state index in [-0.39, 0.29) is 6.42 Å². The van der Waals surface area contributed by atoms with Crippen LogP contribution in [0.1, 0.15) is 31.0 Å². The van der Waals surface area contributed by atoms with Gasteiger partial charge in [-0.3, -0.25) is 4.79 Å². The Kier molecular flexibility index (Phi) is 4.31. The number of carboxylic acid groups (broad SMARTS) is 1. The van der Waals surface area contributed by atoms with Gasteiger partial charge in [0.05, 0.1) is 11.8 Å². The molecular weight excluding hydrogens is 262 g/mol. The Morgan fingerprint density at radius 2 is 2.16 bits per heavy atom. The number of thiophene rings is 1. The highest BCUT2D eigenvalue weighted by Crippen LogP contribution is 2.29. The molecule has 2 heterocycles. The van der Waals surface area contributed by atoms with Crippen molar-refractivity contribution in [2.24, 2.45) is 0 Å². The highest BCUT2D eigenvalue weighted by Gasteiger charge is 2.10. The van der Waals surface area contributed by atoms with Gasteiger partial charge in [0.1, 0.15) is 16.5 Å². The average Bonchev–Trinajstić information content (AvgIpc) is 2.81. The minimum absolute atomic E-state index is 0.0811. The van der Waals surface area contributed by atoms with Crippen LogP contribution in [0.2, 0.25) is 0 Å². The number of hydrogen-bond donors (Lipinski definition) is 2. The summed E-state index contributed by atoms with van der Waals surface area (Å²) in [4.78, 5) is 21.8. The van der Waals surface area contributed by atoms with E-state index in [2.05, 4.69) is 28.3 Å². The second-order valence-corrected chi connectivity index (χ2v) is 5.31. The molecule has 0 amide bonds. The fourth-order valence-electron chi connectivity index (χ4n) is 1.77. The molecule has 0 spiro atoms. The van der Waals surface area contributed by atoms with Crippen LogP contribution in [-0.4, -0.2) is 27.6 Å². The summed E-state index contributed by atoms with van der Waals surface area (Å²) in [5.74, 6) is 0.724. The fraction of sp³-hybridized carbons (Fsp3) is 0.462. The second kappa shape index (κ2) is 5.97. The second-order valence-electron chi connectivity index (χ2n) is 4.20. The molecule has 0 saturated heterocycles. The van der Waals surface area contributed by atoms with E-state index >= 15 is 0 Å². The minimum atomic E-state index is -0.812. The third-order valence-corrected chi connectivity index (χ3v) is 3.96. The van der Waals surface area contributed by atoms with E-state index in [1.54, 1.807) is 11.3 Å². The molecule has 0 fully saturated rings. The van der Waals surface area contributed by atoms with Gasteiger partial charge in [-0.05, 0) is 12.5 Å². The fourth-order valence-corrected chi connectivity index (χ4v) is 2.76. The van der Waals surface area contributed by atoms with Gasteiger partial charge in [0.15, 0.2) is 0 Å². The van der Waals surface area contributed by atoms with Crippen molar-refractivity contribution in [1.82, 2.24) is 9.97 Å². The summed E-state index contributed by atoms with van der Waals surface area (Å²) in [7, 11) is 0. The third-order valence-electron chi connectivity index (χ3n) is 2.79. The zero-order valence-electron chi connectivity index (χ0n) is 11.1. The van der Waals surface area contributed by atoms with Crippen molar-refractivity contribution in [3.05, 3.63) is 16.8 Å². The summed E-state index contributed by atoms with van der Waals surface area (Å²) < 4.78 is 0. The summed E-state index contributed by atoms with van der Waals surface area (Å²) in [6.45, 7) is 4.49. The number of carboxylic acids is 1. The predicted molar refractivity (Wildman–Crippen MR) is 76.9 cm³/mol. The van der Waals surface area contributed by atoms with Crippen molar-refractivity contribution < 1.29 is 9.90 Å². The molecule has 2 rings (SSSR count). The average molecular weight is 279 g/mol. The Bertz CT molecular complexity index is 595. The van der Waals surface area contributed by atoms with Gasteiger partial charge in [0.2, 0.25) is 0 Å². The Labute approximate surface area is 115 Å². The molecule has 0 aliphatic heterocycles. The molecule has 19 heavy (non-hydrogen) atoms. The molecule has 0 radical (unpaired) electrons. The van der Waals surface area contributed by atoms with Crippen LogP contribution in [0, 0.1) is 0 Å². The molecule has 0 aliphatic rings. The maximum Gasteiger partial charge on any atom is 0.305 e. The van der Waals surface area contributed by atoms with E-state index < -0.39 is 5.97 Å². The topological polar surface area (TPSA) is 75.1 Å². The van der Waals surface area contributed by atoms with Gasteiger partial charge in [-0.25, -0.2) is 9.97 Å². The lowest BCUT2D eigenvalue weighted by Gasteiger charge is -2.06. The Morgan fingerprint density at radius 3 is 2.79 bits per heavy atom. The van der Waals surface area contributed by atoms with Gasteiger partial charge >= 0.3 is 5.97 Å². The lowest BCUT2D eigenvalue weighted by atomic mass is 10.3. The van der Waals surface area contributed by atoms with Gasteiger partial charge in [0, 0.05) is 17.8 Å². The first-order valence-electron chi connectivity index (χ1n) is 6.39. The van der Waals surface area contributed by atoms with E-state index in [0.29, 0.717) is 6.54 Å². The minimum Gasteiger partial charge on any atom is -0.481 e. The normalized spacial score (nSPS) is 10.8.